The van der Waals surface area contributed by atoms with E-state index in [4.69, 9.17) is 5.73 Å². The van der Waals surface area contributed by atoms with Crippen LogP contribution in [0.25, 0.3) is 0 Å². The minimum Gasteiger partial charge on any atom is -0.327 e. The molecule has 2 aliphatic carbocycles. The summed E-state index contributed by atoms with van der Waals surface area (Å²) >= 11 is 0. The maximum Gasteiger partial charge on any atom is 0.0124 e. The van der Waals surface area contributed by atoms with E-state index in [2.05, 4.69) is 13.8 Å². The molecule has 2 saturated carbocycles. The molecule has 94 valence electrons. The van der Waals surface area contributed by atoms with Crippen LogP contribution in [0.4, 0.5) is 0 Å². The summed E-state index contributed by atoms with van der Waals surface area (Å²) in [6.45, 7) is 4.77. The summed E-state index contributed by atoms with van der Waals surface area (Å²) in [6, 6.07) is 0.489. The lowest BCUT2D eigenvalue weighted by atomic mass is 9.66. The molecule has 0 aromatic heterocycles. The summed E-state index contributed by atoms with van der Waals surface area (Å²) in [5, 5.41) is 0. The molecule has 3 unspecified atom stereocenters. The van der Waals surface area contributed by atoms with Gasteiger partial charge in [0.25, 0.3) is 0 Å². The molecule has 0 radical (unpaired) electrons. The Morgan fingerprint density at radius 3 is 2.44 bits per heavy atom. The highest BCUT2D eigenvalue weighted by Gasteiger charge is 2.41. The number of nitrogens with two attached hydrogens (primary N) is 1. The van der Waals surface area contributed by atoms with E-state index in [1.54, 1.807) is 0 Å². The van der Waals surface area contributed by atoms with Crippen LogP contribution in [0.2, 0.25) is 0 Å². The first-order valence-corrected chi connectivity index (χ1v) is 7.43. The first-order valence-electron chi connectivity index (χ1n) is 7.43. The van der Waals surface area contributed by atoms with E-state index in [-0.39, 0.29) is 0 Å². The highest BCUT2D eigenvalue weighted by molar-refractivity contribution is 4.96. The first-order chi connectivity index (χ1) is 7.68. The molecule has 2 fully saturated rings. The van der Waals surface area contributed by atoms with Crippen LogP contribution in [-0.4, -0.2) is 6.04 Å². The Labute approximate surface area is 101 Å². The second kappa shape index (κ2) is 5.08. The van der Waals surface area contributed by atoms with E-state index < -0.39 is 0 Å². The molecule has 0 saturated heterocycles. The monoisotopic (exact) mass is 223 g/mol. The van der Waals surface area contributed by atoms with Gasteiger partial charge >= 0.3 is 0 Å². The third-order valence-corrected chi connectivity index (χ3v) is 5.50. The number of hydrogen-bond acceptors (Lipinski definition) is 1. The Hall–Kier alpha value is -0.0400. The largest absolute Gasteiger partial charge is 0.327 e. The molecular formula is C15H29N. The number of hydrogen-bond donors (Lipinski definition) is 1. The van der Waals surface area contributed by atoms with Gasteiger partial charge in [-0.2, -0.15) is 0 Å². The summed E-state index contributed by atoms with van der Waals surface area (Å²) in [6.07, 6.45) is 12.6. The van der Waals surface area contributed by atoms with E-state index in [0.29, 0.717) is 11.5 Å². The van der Waals surface area contributed by atoms with Gasteiger partial charge in [-0.25, -0.2) is 0 Å². The molecule has 0 aliphatic heterocycles. The van der Waals surface area contributed by atoms with Gasteiger partial charge in [0.15, 0.2) is 0 Å². The molecule has 0 amide bonds. The highest BCUT2D eigenvalue weighted by atomic mass is 14.7. The van der Waals surface area contributed by atoms with Crippen molar-refractivity contribution in [2.45, 2.75) is 77.7 Å². The Bertz CT molecular complexity index is 217. The van der Waals surface area contributed by atoms with Crippen LogP contribution in [0.3, 0.4) is 0 Å². The van der Waals surface area contributed by atoms with Gasteiger partial charge in [-0.1, -0.05) is 39.5 Å². The van der Waals surface area contributed by atoms with Crippen molar-refractivity contribution in [3.8, 4) is 0 Å². The van der Waals surface area contributed by atoms with Gasteiger partial charge in [0.1, 0.15) is 0 Å². The van der Waals surface area contributed by atoms with Crippen LogP contribution in [0.1, 0.15) is 71.6 Å². The zero-order valence-corrected chi connectivity index (χ0v) is 11.2. The molecule has 2 N–H and O–H groups in total. The van der Waals surface area contributed by atoms with Crippen molar-refractivity contribution >= 4 is 0 Å². The molecule has 2 rings (SSSR count). The lowest BCUT2D eigenvalue weighted by Gasteiger charge is -2.42. The average molecular weight is 223 g/mol. The second-order valence-corrected chi connectivity index (χ2v) is 6.48. The second-order valence-electron chi connectivity index (χ2n) is 6.48. The Morgan fingerprint density at radius 1 is 1.19 bits per heavy atom. The van der Waals surface area contributed by atoms with Crippen molar-refractivity contribution in [2.75, 3.05) is 0 Å². The molecule has 16 heavy (non-hydrogen) atoms. The van der Waals surface area contributed by atoms with Crippen molar-refractivity contribution in [3.63, 3.8) is 0 Å². The smallest absolute Gasteiger partial charge is 0.0124 e. The quantitative estimate of drug-likeness (QED) is 0.765. The van der Waals surface area contributed by atoms with E-state index in [9.17, 15) is 0 Å². The number of rotatable bonds is 3. The van der Waals surface area contributed by atoms with Gasteiger partial charge in [0.2, 0.25) is 0 Å². The standard InChI is InChI=1S/C15H29N/c1-3-15(9-4-5-10-15)14(16)13-8-6-7-12(2)11-13/h12-14H,3-11,16H2,1-2H3. The fraction of sp³-hybridized carbons (Fsp3) is 1.00. The van der Waals surface area contributed by atoms with Crippen LogP contribution in [0, 0.1) is 17.3 Å². The lowest BCUT2D eigenvalue weighted by Crippen LogP contribution is -2.46. The molecular weight excluding hydrogens is 194 g/mol. The van der Waals surface area contributed by atoms with Crippen LogP contribution in [0.15, 0.2) is 0 Å². The predicted molar refractivity (Wildman–Crippen MR) is 70.3 cm³/mol. The Morgan fingerprint density at radius 2 is 1.88 bits per heavy atom. The van der Waals surface area contributed by atoms with Crippen molar-refractivity contribution in [1.82, 2.24) is 0 Å². The Kier molecular flexibility index (Phi) is 3.94. The normalized spacial score (nSPS) is 36.2. The van der Waals surface area contributed by atoms with Gasteiger partial charge in [-0.3, -0.25) is 0 Å². The summed E-state index contributed by atoms with van der Waals surface area (Å²) in [7, 11) is 0. The van der Waals surface area contributed by atoms with Gasteiger partial charge in [0.05, 0.1) is 0 Å². The van der Waals surface area contributed by atoms with E-state index in [1.807, 2.05) is 0 Å². The minimum atomic E-state index is 0.489. The SMILES string of the molecule is CCC1(C(N)C2CCCC(C)C2)CCCC1. The average Bonchev–Trinajstić information content (AvgIpc) is 2.78. The van der Waals surface area contributed by atoms with Crippen LogP contribution < -0.4 is 5.73 Å². The van der Waals surface area contributed by atoms with E-state index in [0.717, 1.165) is 11.8 Å². The molecule has 0 bridgehead atoms. The summed E-state index contributed by atoms with van der Waals surface area (Å²) in [5.41, 5.74) is 7.18. The van der Waals surface area contributed by atoms with E-state index in [1.165, 1.54) is 57.8 Å². The highest BCUT2D eigenvalue weighted by Crippen LogP contribution is 2.47. The predicted octanol–water partition coefficient (Wildman–Crippen LogP) is 4.11. The molecule has 3 atom stereocenters. The van der Waals surface area contributed by atoms with Gasteiger partial charge in [0, 0.05) is 6.04 Å². The molecule has 0 aromatic rings. The van der Waals surface area contributed by atoms with Crippen LogP contribution in [0.5, 0.6) is 0 Å². The van der Waals surface area contributed by atoms with Crippen molar-refractivity contribution < 1.29 is 0 Å². The molecule has 1 heteroatoms. The van der Waals surface area contributed by atoms with Crippen LogP contribution in [-0.2, 0) is 0 Å². The third kappa shape index (κ3) is 2.30. The van der Waals surface area contributed by atoms with Gasteiger partial charge in [-0.05, 0) is 49.4 Å². The lowest BCUT2D eigenvalue weighted by molar-refractivity contribution is 0.124. The zero-order valence-electron chi connectivity index (χ0n) is 11.2. The topological polar surface area (TPSA) is 26.0 Å². The third-order valence-electron chi connectivity index (χ3n) is 5.50. The summed E-state index contributed by atoms with van der Waals surface area (Å²) in [4.78, 5) is 0. The van der Waals surface area contributed by atoms with Crippen molar-refractivity contribution in [1.29, 1.82) is 0 Å². The van der Waals surface area contributed by atoms with Crippen molar-refractivity contribution in [2.24, 2.45) is 23.0 Å². The van der Waals surface area contributed by atoms with Crippen molar-refractivity contribution in [3.05, 3.63) is 0 Å². The first kappa shape index (κ1) is 12.4. The maximum absolute atomic E-state index is 6.66. The maximum atomic E-state index is 6.66. The fourth-order valence-corrected chi connectivity index (χ4v) is 4.31. The van der Waals surface area contributed by atoms with Crippen LogP contribution >= 0.6 is 0 Å². The molecule has 1 nitrogen and oxygen atoms in total. The van der Waals surface area contributed by atoms with Gasteiger partial charge < -0.3 is 5.73 Å². The van der Waals surface area contributed by atoms with E-state index >= 15 is 0 Å². The molecule has 0 aromatic carbocycles. The molecule has 0 spiro atoms. The van der Waals surface area contributed by atoms with Gasteiger partial charge in [-0.15, -0.1) is 0 Å². The molecule has 2 aliphatic rings. The zero-order chi connectivity index (χ0) is 11.6. The summed E-state index contributed by atoms with van der Waals surface area (Å²) in [5.74, 6) is 1.74. The molecule has 0 heterocycles. The Balaban J connectivity index is 2.01. The summed E-state index contributed by atoms with van der Waals surface area (Å²) < 4.78 is 0. The minimum absolute atomic E-state index is 0.489. The fourth-order valence-electron chi connectivity index (χ4n) is 4.31.